The Morgan fingerprint density at radius 2 is 1.77 bits per heavy atom. The van der Waals surface area contributed by atoms with Crippen molar-refractivity contribution in [3.63, 3.8) is 0 Å². The van der Waals surface area contributed by atoms with Gasteiger partial charge in [-0.15, -0.1) is 0 Å². The Kier molecular flexibility index (Phi) is 3.92. The first kappa shape index (κ1) is 14.3. The third-order valence-electron chi connectivity index (χ3n) is 3.40. The lowest BCUT2D eigenvalue weighted by molar-refractivity contribution is 0.175. The van der Waals surface area contributed by atoms with Gasteiger partial charge in [-0.2, -0.15) is 4.98 Å². The summed E-state index contributed by atoms with van der Waals surface area (Å²) in [4.78, 5) is 4.43. The van der Waals surface area contributed by atoms with E-state index in [0.29, 0.717) is 11.7 Å². The molecule has 0 unspecified atom stereocenters. The molecule has 3 aromatic rings. The molecule has 0 aliphatic rings. The van der Waals surface area contributed by atoms with Crippen LogP contribution < -0.4 is 4.74 Å². The van der Waals surface area contributed by atoms with Gasteiger partial charge in [0, 0.05) is 5.56 Å². The molecule has 0 fully saturated rings. The van der Waals surface area contributed by atoms with Gasteiger partial charge in [0.15, 0.2) is 6.10 Å². The number of rotatable bonds is 4. The standard InChI is InChI=1S/C18H18N2O2/c1-12-7-9-15(10-8-12)17-19-18(22-20-17)14(3)21-16-6-4-5-13(2)11-16/h4-11,14H,1-3H3/t14-/m1/s1. The van der Waals surface area contributed by atoms with E-state index in [1.165, 1.54) is 5.56 Å². The molecular formula is C18H18N2O2. The quantitative estimate of drug-likeness (QED) is 0.711. The maximum absolute atomic E-state index is 5.85. The second-order valence-electron chi connectivity index (χ2n) is 5.40. The first-order valence-corrected chi connectivity index (χ1v) is 7.26. The molecule has 1 heterocycles. The van der Waals surface area contributed by atoms with Crippen molar-refractivity contribution >= 4 is 0 Å². The molecule has 0 bridgehead atoms. The summed E-state index contributed by atoms with van der Waals surface area (Å²) >= 11 is 0. The van der Waals surface area contributed by atoms with E-state index in [1.807, 2.05) is 69.3 Å². The van der Waals surface area contributed by atoms with Gasteiger partial charge in [-0.25, -0.2) is 0 Å². The van der Waals surface area contributed by atoms with E-state index in [-0.39, 0.29) is 6.10 Å². The first-order chi connectivity index (χ1) is 10.6. The molecule has 0 aliphatic carbocycles. The average molecular weight is 294 g/mol. The van der Waals surface area contributed by atoms with E-state index in [1.54, 1.807) is 0 Å². The van der Waals surface area contributed by atoms with Crippen LogP contribution in [0.4, 0.5) is 0 Å². The second-order valence-corrected chi connectivity index (χ2v) is 5.40. The molecule has 0 aliphatic heterocycles. The molecule has 4 nitrogen and oxygen atoms in total. The van der Waals surface area contributed by atoms with Gasteiger partial charge in [-0.1, -0.05) is 47.1 Å². The van der Waals surface area contributed by atoms with E-state index >= 15 is 0 Å². The van der Waals surface area contributed by atoms with Gasteiger partial charge >= 0.3 is 0 Å². The van der Waals surface area contributed by atoms with Crippen molar-refractivity contribution in [3.05, 3.63) is 65.5 Å². The van der Waals surface area contributed by atoms with Crippen molar-refractivity contribution in [1.29, 1.82) is 0 Å². The Bertz CT molecular complexity index is 763. The Hall–Kier alpha value is -2.62. The summed E-state index contributed by atoms with van der Waals surface area (Å²) in [6.45, 7) is 5.97. The fraction of sp³-hybridized carbons (Fsp3) is 0.222. The molecule has 0 spiro atoms. The summed E-state index contributed by atoms with van der Waals surface area (Å²) in [5.74, 6) is 1.84. The molecular weight excluding hydrogens is 276 g/mol. The van der Waals surface area contributed by atoms with Gasteiger partial charge in [0.2, 0.25) is 5.82 Å². The molecule has 112 valence electrons. The third kappa shape index (κ3) is 3.17. The molecule has 4 heteroatoms. The Balaban J connectivity index is 1.76. The van der Waals surface area contributed by atoms with E-state index in [9.17, 15) is 0 Å². The van der Waals surface area contributed by atoms with Gasteiger partial charge in [-0.3, -0.25) is 0 Å². The molecule has 1 atom stereocenters. The fourth-order valence-electron chi connectivity index (χ4n) is 2.16. The lowest BCUT2D eigenvalue weighted by atomic mass is 10.1. The van der Waals surface area contributed by atoms with Crippen LogP contribution in [0.3, 0.4) is 0 Å². The van der Waals surface area contributed by atoms with Crippen molar-refractivity contribution in [2.24, 2.45) is 0 Å². The average Bonchev–Trinajstić information content (AvgIpc) is 2.98. The lowest BCUT2D eigenvalue weighted by Crippen LogP contribution is -2.03. The SMILES string of the molecule is Cc1ccc(-c2noc([C@@H](C)Oc3cccc(C)c3)n2)cc1. The van der Waals surface area contributed by atoms with Crippen LogP contribution in [0.15, 0.2) is 53.1 Å². The zero-order valence-electron chi connectivity index (χ0n) is 12.9. The Morgan fingerprint density at radius 1 is 1.00 bits per heavy atom. The minimum atomic E-state index is -0.298. The molecule has 2 aromatic carbocycles. The van der Waals surface area contributed by atoms with Crippen molar-refractivity contribution in [2.45, 2.75) is 26.9 Å². The minimum Gasteiger partial charge on any atom is -0.481 e. The highest BCUT2D eigenvalue weighted by Gasteiger charge is 2.16. The van der Waals surface area contributed by atoms with Crippen molar-refractivity contribution < 1.29 is 9.26 Å². The van der Waals surface area contributed by atoms with Gasteiger partial charge in [0.25, 0.3) is 5.89 Å². The van der Waals surface area contributed by atoms with E-state index in [0.717, 1.165) is 16.9 Å². The molecule has 3 rings (SSSR count). The molecule has 0 N–H and O–H groups in total. The van der Waals surface area contributed by atoms with Gasteiger partial charge in [-0.05, 0) is 38.5 Å². The Morgan fingerprint density at radius 3 is 2.50 bits per heavy atom. The molecule has 0 saturated heterocycles. The number of aryl methyl sites for hydroxylation is 2. The number of hydrogen-bond donors (Lipinski definition) is 0. The van der Waals surface area contributed by atoms with E-state index in [2.05, 4.69) is 10.1 Å². The highest BCUT2D eigenvalue weighted by atomic mass is 16.5. The molecule has 0 radical (unpaired) electrons. The zero-order chi connectivity index (χ0) is 15.5. The predicted octanol–water partition coefficient (Wildman–Crippen LogP) is 4.49. The monoisotopic (exact) mass is 294 g/mol. The van der Waals surface area contributed by atoms with Gasteiger partial charge in [0.1, 0.15) is 5.75 Å². The number of benzene rings is 2. The molecule has 0 saturated carbocycles. The van der Waals surface area contributed by atoms with Crippen LogP contribution in [-0.2, 0) is 0 Å². The number of hydrogen-bond acceptors (Lipinski definition) is 4. The summed E-state index contributed by atoms with van der Waals surface area (Å²) in [7, 11) is 0. The van der Waals surface area contributed by atoms with Gasteiger partial charge in [0.05, 0.1) is 0 Å². The van der Waals surface area contributed by atoms with Crippen LogP contribution in [0.1, 0.15) is 30.0 Å². The summed E-state index contributed by atoms with van der Waals surface area (Å²) in [5.41, 5.74) is 3.28. The van der Waals surface area contributed by atoms with Crippen molar-refractivity contribution in [3.8, 4) is 17.1 Å². The number of nitrogens with zero attached hydrogens (tertiary/aromatic N) is 2. The van der Waals surface area contributed by atoms with Crippen LogP contribution in [0, 0.1) is 13.8 Å². The highest BCUT2D eigenvalue weighted by Crippen LogP contribution is 2.23. The van der Waals surface area contributed by atoms with Crippen molar-refractivity contribution in [2.75, 3.05) is 0 Å². The fourth-order valence-corrected chi connectivity index (χ4v) is 2.16. The largest absolute Gasteiger partial charge is 0.481 e. The highest BCUT2D eigenvalue weighted by molar-refractivity contribution is 5.54. The van der Waals surface area contributed by atoms with Gasteiger partial charge < -0.3 is 9.26 Å². The summed E-state index contributed by atoms with van der Waals surface area (Å²) in [6.07, 6.45) is -0.298. The zero-order valence-corrected chi connectivity index (χ0v) is 12.9. The summed E-state index contributed by atoms with van der Waals surface area (Å²) in [6, 6.07) is 15.9. The summed E-state index contributed by atoms with van der Waals surface area (Å²) in [5, 5.41) is 4.03. The van der Waals surface area contributed by atoms with E-state index in [4.69, 9.17) is 9.26 Å². The van der Waals surface area contributed by atoms with Crippen LogP contribution >= 0.6 is 0 Å². The van der Waals surface area contributed by atoms with Crippen LogP contribution in [0.5, 0.6) is 5.75 Å². The lowest BCUT2D eigenvalue weighted by Gasteiger charge is -2.10. The Labute approximate surface area is 129 Å². The topological polar surface area (TPSA) is 48.2 Å². The minimum absolute atomic E-state index is 0.298. The van der Waals surface area contributed by atoms with Crippen LogP contribution in [0.2, 0.25) is 0 Å². The van der Waals surface area contributed by atoms with E-state index < -0.39 is 0 Å². The number of ether oxygens (including phenoxy) is 1. The second kappa shape index (κ2) is 6.02. The molecule has 1 aromatic heterocycles. The van der Waals surface area contributed by atoms with Crippen LogP contribution in [-0.4, -0.2) is 10.1 Å². The predicted molar refractivity (Wildman–Crippen MR) is 84.7 cm³/mol. The maximum Gasteiger partial charge on any atom is 0.267 e. The van der Waals surface area contributed by atoms with Crippen molar-refractivity contribution in [1.82, 2.24) is 10.1 Å². The normalized spacial score (nSPS) is 12.1. The smallest absolute Gasteiger partial charge is 0.267 e. The molecule has 0 amide bonds. The maximum atomic E-state index is 5.85. The molecule has 22 heavy (non-hydrogen) atoms. The van der Waals surface area contributed by atoms with Crippen LogP contribution in [0.25, 0.3) is 11.4 Å². The summed E-state index contributed by atoms with van der Waals surface area (Å²) < 4.78 is 11.2. The number of aromatic nitrogens is 2. The third-order valence-corrected chi connectivity index (χ3v) is 3.40. The first-order valence-electron chi connectivity index (χ1n) is 7.26.